The number of allylic oxidation sites excluding steroid dienone is 1. The maximum Gasteiger partial charge on any atom is 0.134 e. The molecule has 0 atom stereocenters. The van der Waals surface area contributed by atoms with Gasteiger partial charge in [0.05, 0.1) is 23.4 Å². The molecule has 0 aliphatic carbocycles. The van der Waals surface area contributed by atoms with Crippen LogP contribution in [0, 0.1) is 11.3 Å². The number of methoxy groups -OCH3 is 1. The minimum Gasteiger partial charge on any atom is -0.496 e. The Kier molecular flexibility index (Phi) is 5.40. The summed E-state index contributed by atoms with van der Waals surface area (Å²) >= 11 is 13.6. The molecule has 1 heterocycles. The molecule has 1 aromatic heterocycles. The first-order valence-electron chi connectivity index (χ1n) is 7.28. The Bertz CT molecular complexity index is 989. The molecule has 0 bridgehead atoms. The lowest BCUT2D eigenvalue weighted by Crippen LogP contribution is -1.88. The Labute approximate surface area is 159 Å². The standard InChI is InChI=1S/C19H12Cl2N2OS/c1-24-18-5-3-2-4-12(18)8-13(10-22)19-23-17(11-25-19)15-7-6-14(20)9-16(15)21/h2-9,11H,1H3. The van der Waals surface area contributed by atoms with Gasteiger partial charge in [-0.3, -0.25) is 0 Å². The number of benzene rings is 2. The normalized spacial score (nSPS) is 11.2. The van der Waals surface area contributed by atoms with Gasteiger partial charge in [0.15, 0.2) is 0 Å². The molecule has 25 heavy (non-hydrogen) atoms. The molecule has 6 heteroatoms. The average Bonchev–Trinajstić information content (AvgIpc) is 3.09. The first-order valence-corrected chi connectivity index (χ1v) is 8.92. The van der Waals surface area contributed by atoms with Crippen LogP contribution < -0.4 is 4.74 Å². The Morgan fingerprint density at radius 3 is 2.76 bits per heavy atom. The monoisotopic (exact) mass is 386 g/mol. The molecule has 0 unspecified atom stereocenters. The maximum atomic E-state index is 9.54. The Morgan fingerprint density at radius 1 is 1.24 bits per heavy atom. The van der Waals surface area contributed by atoms with Gasteiger partial charge in [0.1, 0.15) is 16.8 Å². The molecule has 0 saturated heterocycles. The van der Waals surface area contributed by atoms with Crippen molar-refractivity contribution in [3.63, 3.8) is 0 Å². The van der Waals surface area contributed by atoms with Crippen molar-refractivity contribution in [3.05, 3.63) is 68.5 Å². The summed E-state index contributed by atoms with van der Waals surface area (Å²) < 4.78 is 5.33. The summed E-state index contributed by atoms with van der Waals surface area (Å²) in [5.41, 5.74) is 2.78. The predicted molar refractivity (Wildman–Crippen MR) is 104 cm³/mol. The summed E-state index contributed by atoms with van der Waals surface area (Å²) in [6.45, 7) is 0. The number of nitrogens with zero attached hydrogens (tertiary/aromatic N) is 2. The van der Waals surface area contributed by atoms with Gasteiger partial charge in [0.2, 0.25) is 0 Å². The van der Waals surface area contributed by atoms with E-state index in [4.69, 9.17) is 27.9 Å². The molecule has 0 saturated carbocycles. The van der Waals surface area contributed by atoms with Crippen molar-refractivity contribution in [2.45, 2.75) is 0 Å². The molecular weight excluding hydrogens is 375 g/mol. The van der Waals surface area contributed by atoms with Gasteiger partial charge in [-0.1, -0.05) is 41.4 Å². The number of hydrogen-bond donors (Lipinski definition) is 0. The number of aromatic nitrogens is 1. The van der Waals surface area contributed by atoms with E-state index in [1.54, 1.807) is 25.3 Å². The van der Waals surface area contributed by atoms with E-state index < -0.39 is 0 Å². The molecule has 3 nitrogen and oxygen atoms in total. The third kappa shape index (κ3) is 3.85. The molecule has 2 aromatic carbocycles. The summed E-state index contributed by atoms with van der Waals surface area (Å²) in [5.74, 6) is 0.702. The van der Waals surface area contributed by atoms with E-state index in [1.807, 2.05) is 35.7 Å². The highest BCUT2D eigenvalue weighted by atomic mass is 35.5. The van der Waals surface area contributed by atoms with E-state index >= 15 is 0 Å². The molecular formula is C19H12Cl2N2OS. The SMILES string of the molecule is COc1ccccc1C=C(C#N)c1nc(-c2ccc(Cl)cc2Cl)cs1. The molecule has 3 rings (SSSR count). The minimum atomic E-state index is 0.464. The zero-order valence-electron chi connectivity index (χ0n) is 13.2. The Morgan fingerprint density at radius 2 is 2.04 bits per heavy atom. The number of rotatable bonds is 4. The third-order valence-electron chi connectivity index (χ3n) is 3.50. The van der Waals surface area contributed by atoms with Crippen molar-refractivity contribution in [2.75, 3.05) is 7.11 Å². The summed E-state index contributed by atoms with van der Waals surface area (Å²) in [4.78, 5) is 4.55. The topological polar surface area (TPSA) is 45.9 Å². The second-order valence-corrected chi connectivity index (χ2v) is 6.78. The fraction of sp³-hybridized carbons (Fsp3) is 0.0526. The first kappa shape index (κ1) is 17.5. The van der Waals surface area contributed by atoms with E-state index in [-0.39, 0.29) is 0 Å². The van der Waals surface area contributed by atoms with Crippen LogP contribution in [-0.2, 0) is 0 Å². The maximum absolute atomic E-state index is 9.54. The summed E-state index contributed by atoms with van der Waals surface area (Å²) in [7, 11) is 1.60. The first-order chi connectivity index (χ1) is 12.1. The number of para-hydroxylation sites is 1. The Hall–Kier alpha value is -2.32. The van der Waals surface area contributed by atoms with Crippen LogP contribution >= 0.6 is 34.5 Å². The highest BCUT2D eigenvalue weighted by Gasteiger charge is 2.12. The number of nitriles is 1. The Balaban J connectivity index is 2.00. The van der Waals surface area contributed by atoms with Crippen molar-refractivity contribution in [1.82, 2.24) is 4.98 Å². The van der Waals surface area contributed by atoms with Gasteiger partial charge in [-0.25, -0.2) is 4.98 Å². The quantitative estimate of drug-likeness (QED) is 0.502. The highest BCUT2D eigenvalue weighted by Crippen LogP contribution is 2.33. The molecule has 124 valence electrons. The smallest absolute Gasteiger partial charge is 0.134 e. The van der Waals surface area contributed by atoms with Gasteiger partial charge in [-0.05, 0) is 30.3 Å². The largest absolute Gasteiger partial charge is 0.496 e. The molecule has 0 aliphatic rings. The summed E-state index contributed by atoms with van der Waals surface area (Å²) in [6, 6.07) is 15.0. The number of hydrogen-bond acceptors (Lipinski definition) is 4. The van der Waals surface area contributed by atoms with E-state index in [9.17, 15) is 5.26 Å². The van der Waals surface area contributed by atoms with Crippen LogP contribution in [0.25, 0.3) is 22.9 Å². The van der Waals surface area contributed by atoms with E-state index in [1.165, 1.54) is 11.3 Å². The second kappa shape index (κ2) is 7.71. The number of thiazole rings is 1. The fourth-order valence-corrected chi connectivity index (χ4v) is 3.59. The molecule has 0 N–H and O–H groups in total. The van der Waals surface area contributed by atoms with E-state index in [2.05, 4.69) is 11.1 Å². The highest BCUT2D eigenvalue weighted by molar-refractivity contribution is 7.11. The zero-order valence-corrected chi connectivity index (χ0v) is 15.5. The predicted octanol–water partition coefficient (Wildman–Crippen LogP) is 6.19. The average molecular weight is 387 g/mol. The molecule has 0 radical (unpaired) electrons. The van der Waals surface area contributed by atoms with Crippen molar-refractivity contribution in [1.29, 1.82) is 5.26 Å². The van der Waals surface area contributed by atoms with Crippen LogP contribution in [0.3, 0.4) is 0 Å². The number of halogens is 2. The lowest BCUT2D eigenvalue weighted by Gasteiger charge is -2.04. The van der Waals surface area contributed by atoms with Crippen LogP contribution in [0.2, 0.25) is 10.0 Å². The van der Waals surface area contributed by atoms with Crippen LogP contribution in [0.4, 0.5) is 0 Å². The van der Waals surface area contributed by atoms with Crippen molar-refractivity contribution in [2.24, 2.45) is 0 Å². The van der Waals surface area contributed by atoms with E-state index in [0.717, 1.165) is 11.1 Å². The van der Waals surface area contributed by atoms with Crippen LogP contribution in [0.15, 0.2) is 47.8 Å². The van der Waals surface area contributed by atoms with E-state index in [0.29, 0.717) is 32.1 Å². The van der Waals surface area contributed by atoms with Crippen molar-refractivity contribution in [3.8, 4) is 23.1 Å². The van der Waals surface area contributed by atoms with Gasteiger partial charge in [0.25, 0.3) is 0 Å². The van der Waals surface area contributed by atoms with Crippen molar-refractivity contribution >= 4 is 46.2 Å². The molecule has 0 spiro atoms. The van der Waals surface area contributed by atoms with Gasteiger partial charge >= 0.3 is 0 Å². The molecule has 0 amide bonds. The van der Waals surface area contributed by atoms with Crippen molar-refractivity contribution < 1.29 is 4.74 Å². The van der Waals surface area contributed by atoms with Crippen LogP contribution in [0.1, 0.15) is 10.6 Å². The summed E-state index contributed by atoms with van der Waals surface area (Å²) in [5, 5.41) is 13.1. The van der Waals surface area contributed by atoms with Gasteiger partial charge < -0.3 is 4.74 Å². The van der Waals surface area contributed by atoms with Gasteiger partial charge in [-0.15, -0.1) is 11.3 Å². The second-order valence-electron chi connectivity index (χ2n) is 5.07. The molecule has 0 fully saturated rings. The molecule has 3 aromatic rings. The van der Waals surface area contributed by atoms with Crippen LogP contribution in [-0.4, -0.2) is 12.1 Å². The molecule has 0 aliphatic heterocycles. The number of ether oxygens (including phenoxy) is 1. The lowest BCUT2D eigenvalue weighted by molar-refractivity contribution is 0.414. The third-order valence-corrected chi connectivity index (χ3v) is 4.92. The van der Waals surface area contributed by atoms with Gasteiger partial charge in [0, 0.05) is 21.5 Å². The van der Waals surface area contributed by atoms with Crippen LogP contribution in [0.5, 0.6) is 5.75 Å². The lowest BCUT2D eigenvalue weighted by atomic mass is 10.1. The summed E-state index contributed by atoms with van der Waals surface area (Å²) in [6.07, 6.45) is 1.77. The minimum absolute atomic E-state index is 0.464. The zero-order chi connectivity index (χ0) is 17.8. The van der Waals surface area contributed by atoms with Gasteiger partial charge in [-0.2, -0.15) is 5.26 Å². The fourth-order valence-electron chi connectivity index (χ4n) is 2.30.